The average Bonchev–Trinajstić information content (AvgIpc) is 2.92. The SMILES string of the molecule is Cc1nc(-c2ccccc2)sc1CNC(=O)CNC(=O)CN.Cl. The molecule has 0 aliphatic rings. The van der Waals surface area contributed by atoms with Crippen LogP contribution in [0.2, 0.25) is 0 Å². The van der Waals surface area contributed by atoms with Crippen molar-refractivity contribution in [2.45, 2.75) is 13.5 Å². The van der Waals surface area contributed by atoms with Gasteiger partial charge < -0.3 is 16.4 Å². The smallest absolute Gasteiger partial charge is 0.239 e. The van der Waals surface area contributed by atoms with Crippen LogP contribution >= 0.6 is 23.7 Å². The molecule has 23 heavy (non-hydrogen) atoms. The van der Waals surface area contributed by atoms with Crippen LogP contribution < -0.4 is 16.4 Å². The van der Waals surface area contributed by atoms with E-state index in [4.69, 9.17) is 5.73 Å². The third kappa shape index (κ3) is 5.63. The van der Waals surface area contributed by atoms with Crippen molar-refractivity contribution in [2.24, 2.45) is 5.73 Å². The highest BCUT2D eigenvalue weighted by Gasteiger charge is 2.10. The summed E-state index contributed by atoms with van der Waals surface area (Å²) in [6, 6.07) is 9.90. The molecule has 0 atom stereocenters. The number of rotatable bonds is 6. The maximum absolute atomic E-state index is 11.6. The van der Waals surface area contributed by atoms with E-state index in [9.17, 15) is 9.59 Å². The van der Waals surface area contributed by atoms with Gasteiger partial charge in [-0.25, -0.2) is 4.98 Å². The lowest BCUT2D eigenvalue weighted by Crippen LogP contribution is -2.39. The molecule has 0 radical (unpaired) electrons. The zero-order chi connectivity index (χ0) is 15.9. The van der Waals surface area contributed by atoms with Crippen LogP contribution in [0.1, 0.15) is 10.6 Å². The lowest BCUT2D eigenvalue weighted by Gasteiger charge is -2.05. The van der Waals surface area contributed by atoms with Gasteiger partial charge in [-0.15, -0.1) is 23.7 Å². The van der Waals surface area contributed by atoms with Gasteiger partial charge in [0, 0.05) is 10.4 Å². The minimum absolute atomic E-state index is 0. The summed E-state index contributed by atoms with van der Waals surface area (Å²) < 4.78 is 0. The third-order valence-corrected chi connectivity index (χ3v) is 4.20. The minimum atomic E-state index is -0.351. The van der Waals surface area contributed by atoms with E-state index in [1.54, 1.807) is 11.3 Å². The van der Waals surface area contributed by atoms with Gasteiger partial charge in [-0.05, 0) is 6.92 Å². The van der Waals surface area contributed by atoms with Crippen LogP contribution in [0.25, 0.3) is 10.6 Å². The van der Waals surface area contributed by atoms with Gasteiger partial charge in [-0.2, -0.15) is 0 Å². The van der Waals surface area contributed by atoms with Gasteiger partial charge >= 0.3 is 0 Å². The molecule has 0 aliphatic carbocycles. The molecule has 2 aromatic rings. The van der Waals surface area contributed by atoms with Crippen LogP contribution in [0.4, 0.5) is 0 Å². The molecule has 4 N–H and O–H groups in total. The van der Waals surface area contributed by atoms with Gasteiger partial charge in [-0.1, -0.05) is 30.3 Å². The van der Waals surface area contributed by atoms with E-state index in [0.717, 1.165) is 21.1 Å². The number of carbonyl (C=O) groups excluding carboxylic acids is 2. The number of thiazole rings is 1. The maximum Gasteiger partial charge on any atom is 0.239 e. The van der Waals surface area contributed by atoms with Crippen LogP contribution in [0.15, 0.2) is 30.3 Å². The molecular formula is C15H19ClN4O2S. The number of carbonyl (C=O) groups is 2. The van der Waals surface area contributed by atoms with Crippen LogP contribution in [-0.4, -0.2) is 29.9 Å². The van der Waals surface area contributed by atoms with Crippen molar-refractivity contribution in [1.82, 2.24) is 15.6 Å². The summed E-state index contributed by atoms with van der Waals surface area (Å²) in [5.74, 6) is -0.605. The molecule has 0 saturated carbocycles. The van der Waals surface area contributed by atoms with Gasteiger partial charge in [0.25, 0.3) is 0 Å². The maximum atomic E-state index is 11.6. The molecule has 2 amide bonds. The number of hydrogen-bond donors (Lipinski definition) is 3. The highest BCUT2D eigenvalue weighted by atomic mass is 35.5. The normalized spacial score (nSPS) is 9.83. The largest absolute Gasteiger partial charge is 0.350 e. The standard InChI is InChI=1S/C15H18N4O2S.ClH/c1-10-12(8-17-14(21)9-18-13(20)7-16)22-15(19-10)11-5-3-2-4-6-11;/h2-6H,7-9,16H2,1H3,(H,17,21)(H,18,20);1H. The van der Waals surface area contributed by atoms with Crippen molar-refractivity contribution in [3.05, 3.63) is 40.9 Å². The highest BCUT2D eigenvalue weighted by Crippen LogP contribution is 2.27. The topological polar surface area (TPSA) is 97.1 Å². The summed E-state index contributed by atoms with van der Waals surface area (Å²) in [7, 11) is 0. The molecular weight excluding hydrogens is 336 g/mol. The first-order valence-electron chi connectivity index (χ1n) is 6.85. The number of hydrogen-bond acceptors (Lipinski definition) is 5. The molecule has 0 spiro atoms. The molecule has 0 bridgehead atoms. The summed E-state index contributed by atoms with van der Waals surface area (Å²) >= 11 is 1.55. The molecule has 0 aliphatic heterocycles. The number of aryl methyl sites for hydroxylation is 1. The summed E-state index contributed by atoms with van der Waals surface area (Å²) in [4.78, 5) is 28.1. The number of aromatic nitrogens is 1. The van der Waals surface area contributed by atoms with Gasteiger partial charge in [0.2, 0.25) is 11.8 Å². The Balaban J connectivity index is 0.00000264. The molecule has 8 heteroatoms. The van der Waals surface area contributed by atoms with E-state index in [0.29, 0.717) is 6.54 Å². The molecule has 0 unspecified atom stereocenters. The zero-order valence-corrected chi connectivity index (χ0v) is 14.3. The number of nitrogens with one attached hydrogen (secondary N) is 2. The predicted octanol–water partition coefficient (Wildman–Crippen LogP) is 1.23. The highest BCUT2D eigenvalue weighted by molar-refractivity contribution is 7.15. The van der Waals surface area contributed by atoms with Gasteiger partial charge in [0.15, 0.2) is 0 Å². The lowest BCUT2D eigenvalue weighted by atomic mass is 10.2. The molecule has 0 saturated heterocycles. The second-order valence-electron chi connectivity index (χ2n) is 4.65. The fraction of sp³-hybridized carbons (Fsp3) is 0.267. The van der Waals surface area contributed by atoms with E-state index in [1.807, 2.05) is 37.3 Å². The molecule has 1 heterocycles. The summed E-state index contributed by atoms with van der Waals surface area (Å²) in [5.41, 5.74) is 7.11. The molecule has 0 fully saturated rings. The van der Waals surface area contributed by atoms with Gasteiger partial charge in [-0.3, -0.25) is 9.59 Å². The summed E-state index contributed by atoms with van der Waals surface area (Å²) in [5, 5.41) is 6.12. The van der Waals surface area contributed by atoms with E-state index < -0.39 is 0 Å². The molecule has 1 aromatic heterocycles. The Kier molecular flexibility index (Phi) is 7.67. The molecule has 2 rings (SSSR count). The Labute approximate surface area is 144 Å². The van der Waals surface area contributed by atoms with E-state index in [-0.39, 0.29) is 37.3 Å². The van der Waals surface area contributed by atoms with Crippen molar-refractivity contribution >= 4 is 35.6 Å². The number of benzene rings is 1. The Morgan fingerprint density at radius 2 is 1.87 bits per heavy atom. The Hall–Kier alpha value is -1.96. The number of nitrogens with zero attached hydrogens (tertiary/aromatic N) is 1. The van der Waals surface area contributed by atoms with E-state index >= 15 is 0 Å². The van der Waals surface area contributed by atoms with Crippen LogP contribution in [-0.2, 0) is 16.1 Å². The van der Waals surface area contributed by atoms with Crippen LogP contribution in [0.3, 0.4) is 0 Å². The van der Waals surface area contributed by atoms with Gasteiger partial charge in [0.1, 0.15) is 5.01 Å². The van der Waals surface area contributed by atoms with Crippen molar-refractivity contribution < 1.29 is 9.59 Å². The van der Waals surface area contributed by atoms with E-state index in [2.05, 4.69) is 15.6 Å². The number of halogens is 1. The number of nitrogens with two attached hydrogens (primary N) is 1. The van der Waals surface area contributed by atoms with E-state index in [1.165, 1.54) is 0 Å². The molecule has 1 aromatic carbocycles. The van der Waals surface area contributed by atoms with Crippen molar-refractivity contribution in [2.75, 3.05) is 13.1 Å². The summed E-state index contributed by atoms with van der Waals surface area (Å²) in [6.07, 6.45) is 0. The summed E-state index contributed by atoms with van der Waals surface area (Å²) in [6.45, 7) is 2.12. The van der Waals surface area contributed by atoms with Crippen LogP contribution in [0, 0.1) is 6.92 Å². The monoisotopic (exact) mass is 354 g/mol. The first-order valence-corrected chi connectivity index (χ1v) is 7.67. The number of amides is 2. The lowest BCUT2D eigenvalue weighted by molar-refractivity contribution is -0.125. The fourth-order valence-electron chi connectivity index (χ4n) is 1.79. The average molecular weight is 355 g/mol. The first kappa shape index (κ1) is 19.1. The Morgan fingerprint density at radius 1 is 1.17 bits per heavy atom. The van der Waals surface area contributed by atoms with Crippen molar-refractivity contribution in [3.8, 4) is 10.6 Å². The zero-order valence-electron chi connectivity index (χ0n) is 12.7. The second kappa shape index (κ2) is 9.24. The first-order chi connectivity index (χ1) is 10.6. The minimum Gasteiger partial charge on any atom is -0.350 e. The molecule has 124 valence electrons. The second-order valence-corrected chi connectivity index (χ2v) is 5.73. The van der Waals surface area contributed by atoms with Crippen LogP contribution in [0.5, 0.6) is 0 Å². The van der Waals surface area contributed by atoms with Gasteiger partial charge in [0.05, 0.1) is 25.3 Å². The Bertz CT molecular complexity index is 661. The predicted molar refractivity (Wildman–Crippen MR) is 93.4 cm³/mol. The van der Waals surface area contributed by atoms with Crippen molar-refractivity contribution in [3.63, 3.8) is 0 Å². The van der Waals surface area contributed by atoms with Crippen molar-refractivity contribution in [1.29, 1.82) is 0 Å². The molecule has 6 nitrogen and oxygen atoms in total. The Morgan fingerprint density at radius 3 is 2.52 bits per heavy atom. The quantitative estimate of drug-likeness (QED) is 0.726. The third-order valence-electron chi connectivity index (χ3n) is 2.99. The fourth-order valence-corrected chi connectivity index (χ4v) is 2.80.